The Balaban J connectivity index is 2.04. The number of amides is 2. The number of nitrogens with two attached hydrogens (primary N) is 1. The summed E-state index contributed by atoms with van der Waals surface area (Å²) in [6.07, 6.45) is 0.263. The molecule has 1 atom stereocenters. The van der Waals surface area contributed by atoms with Crippen molar-refractivity contribution in [3.05, 3.63) is 24.3 Å². The van der Waals surface area contributed by atoms with Crippen LogP contribution in [0.15, 0.2) is 24.3 Å². The van der Waals surface area contributed by atoms with Gasteiger partial charge in [-0.3, -0.25) is 9.69 Å². The molecule has 0 aliphatic carbocycles. The van der Waals surface area contributed by atoms with E-state index < -0.39 is 6.04 Å². The molecule has 6 nitrogen and oxygen atoms in total. The van der Waals surface area contributed by atoms with Gasteiger partial charge in [0.05, 0.1) is 12.6 Å². The molecule has 1 aliphatic rings. The van der Waals surface area contributed by atoms with Gasteiger partial charge in [-0.1, -0.05) is 19.9 Å². The van der Waals surface area contributed by atoms with E-state index in [0.29, 0.717) is 36.9 Å². The Morgan fingerprint density at radius 3 is 2.86 bits per heavy atom. The van der Waals surface area contributed by atoms with Gasteiger partial charge in [-0.25, -0.2) is 4.79 Å². The van der Waals surface area contributed by atoms with Crippen LogP contribution in [-0.2, 0) is 9.53 Å². The summed E-state index contributed by atoms with van der Waals surface area (Å²) in [6.45, 7) is 4.94. The highest BCUT2D eigenvalue weighted by atomic mass is 16.6. The van der Waals surface area contributed by atoms with Gasteiger partial charge in [-0.2, -0.15) is 0 Å². The third kappa shape index (κ3) is 3.95. The molecule has 0 radical (unpaired) electrons. The molecular formula is C15H21N3O3. The standard InChI is InChI=1S/C15H21N3O3/c1-10(2)8-13(16)14(19)17-11-4-3-5-12(9-11)18-6-7-21-15(18)20/h3-5,9-10,13H,6-8,16H2,1-2H3,(H,17,19)/t13-/m0/s1. The molecule has 1 fully saturated rings. The first-order valence-corrected chi connectivity index (χ1v) is 7.08. The smallest absolute Gasteiger partial charge is 0.414 e. The normalized spacial score (nSPS) is 16.0. The molecule has 114 valence electrons. The van der Waals surface area contributed by atoms with Crippen molar-refractivity contribution in [3.8, 4) is 0 Å². The van der Waals surface area contributed by atoms with Crippen molar-refractivity contribution in [3.63, 3.8) is 0 Å². The minimum Gasteiger partial charge on any atom is -0.447 e. The van der Waals surface area contributed by atoms with Crippen molar-refractivity contribution < 1.29 is 14.3 Å². The molecule has 0 saturated carbocycles. The van der Waals surface area contributed by atoms with Crippen molar-refractivity contribution in [2.75, 3.05) is 23.4 Å². The van der Waals surface area contributed by atoms with Crippen molar-refractivity contribution >= 4 is 23.4 Å². The summed E-state index contributed by atoms with van der Waals surface area (Å²) in [5.41, 5.74) is 7.17. The molecule has 1 saturated heterocycles. The fraction of sp³-hybridized carbons (Fsp3) is 0.467. The van der Waals surface area contributed by atoms with E-state index in [4.69, 9.17) is 10.5 Å². The molecule has 0 bridgehead atoms. The molecule has 1 aromatic carbocycles. The van der Waals surface area contributed by atoms with E-state index in [-0.39, 0.29) is 12.0 Å². The number of carbonyl (C=O) groups is 2. The summed E-state index contributed by atoms with van der Waals surface area (Å²) < 4.78 is 4.90. The van der Waals surface area contributed by atoms with Gasteiger partial charge in [0.2, 0.25) is 5.91 Å². The van der Waals surface area contributed by atoms with Crippen LogP contribution in [0, 0.1) is 5.92 Å². The number of nitrogens with zero attached hydrogens (tertiary/aromatic N) is 1. The average molecular weight is 291 g/mol. The molecule has 1 aliphatic heterocycles. The highest BCUT2D eigenvalue weighted by Gasteiger charge is 2.24. The Bertz CT molecular complexity index is 531. The second-order valence-corrected chi connectivity index (χ2v) is 5.54. The third-order valence-electron chi connectivity index (χ3n) is 3.25. The fourth-order valence-corrected chi connectivity index (χ4v) is 2.23. The lowest BCUT2D eigenvalue weighted by Crippen LogP contribution is -2.36. The molecule has 2 amide bonds. The third-order valence-corrected chi connectivity index (χ3v) is 3.25. The fourth-order valence-electron chi connectivity index (χ4n) is 2.23. The number of nitrogens with one attached hydrogen (secondary N) is 1. The summed E-state index contributed by atoms with van der Waals surface area (Å²) in [4.78, 5) is 25.1. The van der Waals surface area contributed by atoms with E-state index in [0.717, 1.165) is 0 Å². The topological polar surface area (TPSA) is 84.7 Å². The summed E-state index contributed by atoms with van der Waals surface area (Å²) in [7, 11) is 0. The number of rotatable bonds is 5. The predicted octanol–water partition coefficient (Wildman–Crippen LogP) is 1.96. The monoisotopic (exact) mass is 291 g/mol. The van der Waals surface area contributed by atoms with Crippen LogP contribution in [0.5, 0.6) is 0 Å². The Morgan fingerprint density at radius 2 is 2.24 bits per heavy atom. The van der Waals surface area contributed by atoms with Crippen LogP contribution in [0.4, 0.5) is 16.2 Å². The number of benzene rings is 1. The lowest BCUT2D eigenvalue weighted by Gasteiger charge is -2.16. The summed E-state index contributed by atoms with van der Waals surface area (Å²) in [6, 6.07) is 6.56. The maximum absolute atomic E-state index is 12.0. The second-order valence-electron chi connectivity index (χ2n) is 5.54. The lowest BCUT2D eigenvalue weighted by molar-refractivity contribution is -0.117. The SMILES string of the molecule is CC(C)C[C@H](N)C(=O)Nc1cccc(N2CCOC2=O)c1. The van der Waals surface area contributed by atoms with Crippen molar-refractivity contribution in [1.82, 2.24) is 0 Å². The zero-order valence-electron chi connectivity index (χ0n) is 12.3. The maximum Gasteiger partial charge on any atom is 0.414 e. The quantitative estimate of drug-likeness (QED) is 0.868. The van der Waals surface area contributed by atoms with Crippen LogP contribution in [0.1, 0.15) is 20.3 Å². The number of carbonyl (C=O) groups excluding carboxylic acids is 2. The van der Waals surface area contributed by atoms with Crippen LogP contribution in [-0.4, -0.2) is 31.2 Å². The summed E-state index contributed by atoms with van der Waals surface area (Å²) >= 11 is 0. The van der Waals surface area contributed by atoms with Crippen molar-refractivity contribution in [1.29, 1.82) is 0 Å². The molecule has 2 rings (SSSR count). The predicted molar refractivity (Wildman–Crippen MR) is 81.2 cm³/mol. The number of ether oxygens (including phenoxy) is 1. The summed E-state index contributed by atoms with van der Waals surface area (Å²) in [5.74, 6) is 0.140. The molecule has 0 spiro atoms. The molecule has 0 aromatic heterocycles. The Morgan fingerprint density at radius 1 is 1.48 bits per heavy atom. The molecule has 1 heterocycles. The van der Waals surface area contributed by atoms with Gasteiger partial charge in [0.1, 0.15) is 6.61 Å². The van der Waals surface area contributed by atoms with Crippen LogP contribution < -0.4 is 16.0 Å². The number of anilines is 2. The zero-order valence-corrected chi connectivity index (χ0v) is 12.3. The van der Waals surface area contributed by atoms with Crippen LogP contribution in [0.2, 0.25) is 0 Å². The van der Waals surface area contributed by atoms with E-state index in [1.807, 2.05) is 13.8 Å². The van der Waals surface area contributed by atoms with E-state index in [1.165, 1.54) is 4.90 Å². The zero-order chi connectivity index (χ0) is 15.4. The largest absolute Gasteiger partial charge is 0.447 e. The van der Waals surface area contributed by atoms with Gasteiger partial charge in [0.25, 0.3) is 0 Å². The lowest BCUT2D eigenvalue weighted by atomic mass is 10.0. The van der Waals surface area contributed by atoms with Gasteiger partial charge in [0, 0.05) is 11.4 Å². The number of hydrogen-bond acceptors (Lipinski definition) is 4. The Labute approximate surface area is 124 Å². The van der Waals surface area contributed by atoms with E-state index in [2.05, 4.69) is 5.32 Å². The average Bonchev–Trinajstić information content (AvgIpc) is 2.84. The van der Waals surface area contributed by atoms with E-state index >= 15 is 0 Å². The number of cyclic esters (lactones) is 1. The second kappa shape index (κ2) is 6.58. The molecule has 6 heteroatoms. The Hall–Kier alpha value is -2.08. The van der Waals surface area contributed by atoms with Crippen LogP contribution in [0.25, 0.3) is 0 Å². The molecular weight excluding hydrogens is 270 g/mol. The van der Waals surface area contributed by atoms with Gasteiger partial charge >= 0.3 is 6.09 Å². The van der Waals surface area contributed by atoms with E-state index in [9.17, 15) is 9.59 Å². The minimum absolute atomic E-state index is 0.218. The number of hydrogen-bond donors (Lipinski definition) is 2. The first-order valence-electron chi connectivity index (χ1n) is 7.08. The van der Waals surface area contributed by atoms with Crippen LogP contribution >= 0.6 is 0 Å². The first-order chi connectivity index (χ1) is 9.97. The first kappa shape index (κ1) is 15.3. The highest BCUT2D eigenvalue weighted by molar-refractivity contribution is 5.96. The molecule has 3 N–H and O–H groups in total. The van der Waals surface area contributed by atoms with Crippen LogP contribution in [0.3, 0.4) is 0 Å². The van der Waals surface area contributed by atoms with Crippen molar-refractivity contribution in [2.45, 2.75) is 26.3 Å². The molecule has 21 heavy (non-hydrogen) atoms. The molecule has 1 aromatic rings. The maximum atomic E-state index is 12.0. The molecule has 0 unspecified atom stereocenters. The van der Waals surface area contributed by atoms with Gasteiger partial charge in [-0.05, 0) is 30.5 Å². The van der Waals surface area contributed by atoms with Gasteiger partial charge < -0.3 is 15.8 Å². The summed E-state index contributed by atoms with van der Waals surface area (Å²) in [5, 5.41) is 2.78. The minimum atomic E-state index is -0.537. The highest BCUT2D eigenvalue weighted by Crippen LogP contribution is 2.22. The van der Waals surface area contributed by atoms with Gasteiger partial charge in [-0.15, -0.1) is 0 Å². The Kier molecular flexibility index (Phi) is 4.80. The van der Waals surface area contributed by atoms with Gasteiger partial charge in [0.15, 0.2) is 0 Å². The van der Waals surface area contributed by atoms with Crippen molar-refractivity contribution in [2.24, 2.45) is 11.7 Å². The van der Waals surface area contributed by atoms with E-state index in [1.54, 1.807) is 24.3 Å².